The molecule has 0 aliphatic heterocycles. The molecule has 0 unspecified atom stereocenters. The number of hydrogen-bond donors (Lipinski definition) is 1. The largest absolute Gasteiger partial charge is 0.320 e. The number of carbonyl (C=O) groups excluding carboxylic acids is 1. The van der Waals surface area contributed by atoms with Gasteiger partial charge in [0.15, 0.2) is 0 Å². The van der Waals surface area contributed by atoms with Crippen LogP contribution in [-0.4, -0.2) is 11.2 Å². The van der Waals surface area contributed by atoms with Gasteiger partial charge in [-0.2, -0.15) is 0 Å². The van der Waals surface area contributed by atoms with Crippen molar-refractivity contribution in [3.8, 4) is 0 Å². The second-order valence-corrected chi connectivity index (χ2v) is 5.85. The van der Waals surface area contributed by atoms with E-state index in [4.69, 9.17) is 0 Å². The van der Waals surface area contributed by atoms with Crippen molar-refractivity contribution >= 4 is 23.4 Å². The molecule has 2 rings (SSSR count). The van der Waals surface area contributed by atoms with Crippen molar-refractivity contribution in [3.05, 3.63) is 65.7 Å². The first-order valence-electron chi connectivity index (χ1n) is 6.48. The van der Waals surface area contributed by atoms with Crippen LogP contribution in [0.1, 0.15) is 12.5 Å². The topological polar surface area (TPSA) is 29.1 Å². The summed E-state index contributed by atoms with van der Waals surface area (Å²) in [5.41, 5.74) is 0.703. The van der Waals surface area contributed by atoms with Gasteiger partial charge in [-0.1, -0.05) is 36.4 Å². The van der Waals surface area contributed by atoms with Gasteiger partial charge in [0.25, 0.3) is 0 Å². The molecule has 0 fully saturated rings. The van der Waals surface area contributed by atoms with E-state index < -0.39 is 28.5 Å². The first-order valence-corrected chi connectivity index (χ1v) is 7.53. The predicted molar refractivity (Wildman–Crippen MR) is 82.2 cm³/mol. The number of para-hydroxylation sites is 1. The molecule has 0 bridgehead atoms. The molecule has 0 aliphatic carbocycles. The Morgan fingerprint density at radius 2 is 1.71 bits per heavy atom. The van der Waals surface area contributed by atoms with Crippen LogP contribution in [0.15, 0.2) is 48.5 Å². The molecule has 0 radical (unpaired) electrons. The van der Waals surface area contributed by atoms with Gasteiger partial charge < -0.3 is 5.32 Å². The van der Waals surface area contributed by atoms with E-state index in [0.29, 0.717) is 5.75 Å². The first-order chi connectivity index (χ1) is 10.1. The summed E-state index contributed by atoms with van der Waals surface area (Å²) < 4.78 is 26.9. The molecule has 5 heteroatoms. The van der Waals surface area contributed by atoms with Crippen molar-refractivity contribution in [2.45, 2.75) is 17.9 Å². The predicted octanol–water partition coefficient (Wildman–Crippen LogP) is 4.23. The van der Waals surface area contributed by atoms with Crippen LogP contribution in [0.2, 0.25) is 0 Å². The summed E-state index contributed by atoms with van der Waals surface area (Å²) in [7, 11) is 0. The Hall–Kier alpha value is -1.88. The van der Waals surface area contributed by atoms with Gasteiger partial charge >= 0.3 is 0 Å². The summed E-state index contributed by atoms with van der Waals surface area (Å²) in [6.07, 6.45) is 0. The Balaban J connectivity index is 1.94. The third kappa shape index (κ3) is 4.29. The lowest BCUT2D eigenvalue weighted by Gasteiger charge is -2.13. The van der Waals surface area contributed by atoms with E-state index in [1.54, 1.807) is 6.92 Å². The third-order valence-electron chi connectivity index (χ3n) is 2.92. The second kappa shape index (κ2) is 7.22. The normalized spacial score (nSPS) is 12.0. The zero-order chi connectivity index (χ0) is 15.2. The number of thioether (sulfide) groups is 1. The van der Waals surface area contributed by atoms with Gasteiger partial charge in [-0.3, -0.25) is 4.79 Å². The van der Waals surface area contributed by atoms with Gasteiger partial charge in [0.2, 0.25) is 5.91 Å². The molecule has 1 amide bonds. The number of halogens is 2. The Kier molecular flexibility index (Phi) is 5.33. The number of amides is 1. The zero-order valence-corrected chi connectivity index (χ0v) is 12.3. The second-order valence-electron chi connectivity index (χ2n) is 4.52. The molecule has 1 atom stereocenters. The lowest BCUT2D eigenvalue weighted by Crippen LogP contribution is -2.23. The van der Waals surface area contributed by atoms with E-state index in [2.05, 4.69) is 5.32 Å². The highest BCUT2D eigenvalue weighted by atomic mass is 32.2. The van der Waals surface area contributed by atoms with Gasteiger partial charge in [-0.25, -0.2) is 8.78 Å². The van der Waals surface area contributed by atoms with E-state index in [1.165, 1.54) is 17.8 Å². The van der Waals surface area contributed by atoms with E-state index in [0.717, 1.165) is 17.7 Å². The molecular formula is C16H15F2NOS. The fraction of sp³-hybridized carbons (Fsp3) is 0.188. The Labute approximate surface area is 126 Å². The van der Waals surface area contributed by atoms with Crippen molar-refractivity contribution in [3.63, 3.8) is 0 Å². The van der Waals surface area contributed by atoms with E-state index in [9.17, 15) is 13.6 Å². The van der Waals surface area contributed by atoms with Crippen LogP contribution < -0.4 is 5.32 Å². The van der Waals surface area contributed by atoms with E-state index >= 15 is 0 Å². The highest BCUT2D eigenvalue weighted by molar-refractivity contribution is 7.99. The minimum Gasteiger partial charge on any atom is -0.320 e. The highest BCUT2D eigenvalue weighted by Crippen LogP contribution is 2.22. The third-order valence-corrected chi connectivity index (χ3v) is 4.14. The van der Waals surface area contributed by atoms with Crippen LogP contribution in [0, 0.1) is 11.6 Å². The number of hydrogen-bond acceptors (Lipinski definition) is 2. The SMILES string of the molecule is C[C@H](SCc1ccccc1)C(=O)Nc1c(F)cccc1F. The average Bonchev–Trinajstić information content (AvgIpc) is 2.49. The Bertz CT molecular complexity index is 599. The van der Waals surface area contributed by atoms with Crippen LogP contribution in [-0.2, 0) is 10.5 Å². The Morgan fingerprint density at radius 1 is 1.10 bits per heavy atom. The number of benzene rings is 2. The summed E-state index contributed by atoms with van der Waals surface area (Å²) >= 11 is 1.41. The molecule has 0 aromatic heterocycles. The molecule has 2 nitrogen and oxygen atoms in total. The quantitative estimate of drug-likeness (QED) is 0.896. The van der Waals surface area contributed by atoms with Gasteiger partial charge in [0, 0.05) is 5.75 Å². The van der Waals surface area contributed by atoms with Crippen molar-refractivity contribution in [2.75, 3.05) is 5.32 Å². The van der Waals surface area contributed by atoms with Gasteiger partial charge in [0.05, 0.1) is 5.25 Å². The Morgan fingerprint density at radius 3 is 2.33 bits per heavy atom. The summed E-state index contributed by atoms with van der Waals surface area (Å²) in [4.78, 5) is 12.0. The molecule has 110 valence electrons. The maximum absolute atomic E-state index is 13.5. The first kappa shape index (κ1) is 15.5. The van der Waals surface area contributed by atoms with Crippen molar-refractivity contribution in [2.24, 2.45) is 0 Å². The zero-order valence-electron chi connectivity index (χ0n) is 11.5. The number of nitrogens with one attached hydrogen (secondary N) is 1. The van der Waals surface area contributed by atoms with E-state index in [1.807, 2.05) is 30.3 Å². The summed E-state index contributed by atoms with van der Waals surface area (Å²) in [6, 6.07) is 13.2. The van der Waals surface area contributed by atoms with Crippen LogP contribution in [0.25, 0.3) is 0 Å². The molecule has 21 heavy (non-hydrogen) atoms. The lowest BCUT2D eigenvalue weighted by molar-refractivity contribution is -0.115. The molecule has 2 aromatic carbocycles. The fourth-order valence-electron chi connectivity index (χ4n) is 1.71. The molecule has 0 heterocycles. The average molecular weight is 307 g/mol. The molecule has 2 aromatic rings. The van der Waals surface area contributed by atoms with Gasteiger partial charge in [0.1, 0.15) is 17.3 Å². The smallest absolute Gasteiger partial charge is 0.237 e. The van der Waals surface area contributed by atoms with Crippen LogP contribution >= 0.6 is 11.8 Å². The molecular weight excluding hydrogens is 292 g/mol. The highest BCUT2D eigenvalue weighted by Gasteiger charge is 2.17. The van der Waals surface area contributed by atoms with Crippen molar-refractivity contribution in [1.29, 1.82) is 0 Å². The maximum atomic E-state index is 13.5. The van der Waals surface area contributed by atoms with Crippen molar-refractivity contribution in [1.82, 2.24) is 0 Å². The molecule has 0 saturated carbocycles. The summed E-state index contributed by atoms with van der Waals surface area (Å²) in [5, 5.41) is 1.89. The van der Waals surface area contributed by atoms with Gasteiger partial charge in [-0.15, -0.1) is 11.8 Å². The summed E-state index contributed by atoms with van der Waals surface area (Å²) in [5.74, 6) is -1.30. The number of rotatable bonds is 5. The van der Waals surface area contributed by atoms with Gasteiger partial charge in [-0.05, 0) is 24.6 Å². The lowest BCUT2D eigenvalue weighted by atomic mass is 10.2. The standard InChI is InChI=1S/C16H15F2NOS/c1-11(21-10-12-6-3-2-4-7-12)16(20)19-15-13(17)8-5-9-14(15)18/h2-9,11H,10H2,1H3,(H,19,20)/t11-/m0/s1. The molecule has 0 spiro atoms. The molecule has 1 N–H and O–H groups in total. The van der Waals surface area contributed by atoms with Crippen molar-refractivity contribution < 1.29 is 13.6 Å². The van der Waals surface area contributed by atoms with Crippen LogP contribution in [0.3, 0.4) is 0 Å². The fourth-order valence-corrected chi connectivity index (χ4v) is 2.56. The summed E-state index contributed by atoms with van der Waals surface area (Å²) in [6.45, 7) is 1.71. The molecule has 0 aliphatic rings. The maximum Gasteiger partial charge on any atom is 0.237 e. The van der Waals surface area contributed by atoms with E-state index in [-0.39, 0.29) is 0 Å². The van der Waals surface area contributed by atoms with Crippen LogP contribution in [0.5, 0.6) is 0 Å². The minimum atomic E-state index is -0.774. The number of anilines is 1. The molecule has 0 saturated heterocycles. The van der Waals surface area contributed by atoms with Crippen LogP contribution in [0.4, 0.5) is 14.5 Å². The number of carbonyl (C=O) groups is 1. The minimum absolute atomic E-state index is 0.394. The monoisotopic (exact) mass is 307 g/mol.